The third-order valence-electron chi connectivity index (χ3n) is 5.57. The van der Waals surface area contributed by atoms with Crippen molar-refractivity contribution in [3.8, 4) is 11.5 Å². The van der Waals surface area contributed by atoms with Crippen LogP contribution in [-0.4, -0.2) is 48.8 Å². The Hall–Kier alpha value is -2.31. The van der Waals surface area contributed by atoms with Gasteiger partial charge in [-0.2, -0.15) is 0 Å². The Kier molecular flexibility index (Phi) is 5.06. The zero-order chi connectivity index (χ0) is 18.8. The molecule has 0 bridgehead atoms. The number of nitrogens with one attached hydrogen (secondary N) is 1. The second kappa shape index (κ2) is 7.97. The molecule has 2 aliphatic heterocycles. The van der Waals surface area contributed by atoms with Gasteiger partial charge >= 0.3 is 0 Å². The van der Waals surface area contributed by atoms with Gasteiger partial charge in [0, 0.05) is 13.1 Å². The van der Waals surface area contributed by atoms with E-state index in [2.05, 4.69) is 33.4 Å². The third-order valence-corrected chi connectivity index (χ3v) is 6.57. The van der Waals surface area contributed by atoms with Crippen molar-refractivity contribution in [2.45, 2.75) is 18.9 Å². The summed E-state index contributed by atoms with van der Waals surface area (Å²) in [6, 6.07) is 16.2. The average molecular weight is 396 g/mol. The maximum Gasteiger partial charge on any atom is 0.183 e. The van der Waals surface area contributed by atoms with E-state index in [0.29, 0.717) is 12.5 Å². The molecule has 1 fully saturated rings. The molecule has 1 aromatic heterocycles. The second-order valence-corrected chi connectivity index (χ2v) is 8.64. The number of aromatic nitrogens is 1. The van der Waals surface area contributed by atoms with E-state index < -0.39 is 0 Å². The smallest absolute Gasteiger partial charge is 0.183 e. The van der Waals surface area contributed by atoms with Crippen LogP contribution in [-0.2, 0) is 0 Å². The highest BCUT2D eigenvalue weighted by Gasteiger charge is 2.26. The van der Waals surface area contributed by atoms with Gasteiger partial charge in [-0.1, -0.05) is 35.6 Å². The summed E-state index contributed by atoms with van der Waals surface area (Å²) in [6.45, 7) is 4.81. The topological polar surface area (TPSA) is 46.6 Å². The SMILES string of the molecule is c1ccc2c(c1)OCC(CN1CCC(CNc3nc4ccccc4s3)CC1)O2. The van der Waals surface area contributed by atoms with Crippen molar-refractivity contribution in [3.05, 3.63) is 48.5 Å². The molecule has 1 saturated heterocycles. The monoisotopic (exact) mass is 395 g/mol. The van der Waals surface area contributed by atoms with Crippen LogP contribution in [0, 0.1) is 5.92 Å². The summed E-state index contributed by atoms with van der Waals surface area (Å²) in [4.78, 5) is 7.18. The van der Waals surface area contributed by atoms with Crippen molar-refractivity contribution in [3.63, 3.8) is 0 Å². The van der Waals surface area contributed by atoms with E-state index >= 15 is 0 Å². The number of ether oxygens (including phenoxy) is 2. The molecule has 2 aliphatic rings. The Morgan fingerprint density at radius 1 is 1.04 bits per heavy atom. The third kappa shape index (κ3) is 3.93. The maximum absolute atomic E-state index is 6.11. The van der Waals surface area contributed by atoms with Gasteiger partial charge in [0.25, 0.3) is 0 Å². The van der Waals surface area contributed by atoms with Crippen LogP contribution in [0.25, 0.3) is 10.2 Å². The minimum absolute atomic E-state index is 0.118. The van der Waals surface area contributed by atoms with Gasteiger partial charge in [0.1, 0.15) is 12.7 Å². The molecule has 1 unspecified atom stereocenters. The quantitative estimate of drug-likeness (QED) is 0.699. The lowest BCUT2D eigenvalue weighted by atomic mass is 9.96. The summed E-state index contributed by atoms with van der Waals surface area (Å²) in [5.74, 6) is 2.43. The molecule has 0 spiro atoms. The van der Waals surface area contributed by atoms with Crippen LogP contribution in [0.2, 0.25) is 0 Å². The summed E-state index contributed by atoms with van der Waals surface area (Å²) in [6.07, 6.45) is 2.54. The maximum atomic E-state index is 6.11. The Balaban J connectivity index is 1.08. The zero-order valence-corrected chi connectivity index (χ0v) is 16.7. The molecule has 5 nitrogen and oxygen atoms in total. The van der Waals surface area contributed by atoms with Crippen molar-refractivity contribution >= 4 is 26.7 Å². The predicted octanol–water partition coefficient (Wildman–Crippen LogP) is 4.26. The number of thiazole rings is 1. The highest BCUT2D eigenvalue weighted by molar-refractivity contribution is 7.22. The van der Waals surface area contributed by atoms with Gasteiger partial charge in [-0.25, -0.2) is 4.98 Å². The van der Waals surface area contributed by atoms with Gasteiger partial charge in [0.05, 0.1) is 10.2 Å². The van der Waals surface area contributed by atoms with Crippen molar-refractivity contribution < 1.29 is 9.47 Å². The lowest BCUT2D eigenvalue weighted by molar-refractivity contribution is 0.0485. The van der Waals surface area contributed by atoms with E-state index in [1.165, 1.54) is 17.5 Å². The molecule has 3 aromatic rings. The number of hydrogen-bond acceptors (Lipinski definition) is 6. The van der Waals surface area contributed by atoms with E-state index in [1.54, 1.807) is 11.3 Å². The molecule has 1 atom stereocenters. The van der Waals surface area contributed by atoms with Gasteiger partial charge in [0.2, 0.25) is 0 Å². The van der Waals surface area contributed by atoms with Gasteiger partial charge in [0.15, 0.2) is 16.6 Å². The first kappa shape index (κ1) is 17.8. The van der Waals surface area contributed by atoms with Gasteiger partial charge in [-0.05, 0) is 56.1 Å². The number of para-hydroxylation sites is 3. The van der Waals surface area contributed by atoms with Gasteiger partial charge < -0.3 is 14.8 Å². The molecule has 1 N–H and O–H groups in total. The minimum Gasteiger partial charge on any atom is -0.486 e. The second-order valence-electron chi connectivity index (χ2n) is 7.61. The molecule has 0 amide bonds. The van der Waals surface area contributed by atoms with Crippen LogP contribution in [0.5, 0.6) is 11.5 Å². The number of likely N-dealkylation sites (tertiary alicyclic amines) is 1. The normalized spacial score (nSPS) is 20.4. The molecular weight excluding hydrogens is 370 g/mol. The van der Waals surface area contributed by atoms with Gasteiger partial charge in [-0.3, -0.25) is 4.90 Å². The number of anilines is 1. The number of nitrogens with zero attached hydrogens (tertiary/aromatic N) is 2. The van der Waals surface area contributed by atoms with Crippen LogP contribution >= 0.6 is 11.3 Å². The average Bonchev–Trinajstić information content (AvgIpc) is 3.16. The number of rotatable bonds is 5. The fourth-order valence-electron chi connectivity index (χ4n) is 3.99. The molecule has 0 radical (unpaired) electrons. The molecule has 5 rings (SSSR count). The molecule has 28 heavy (non-hydrogen) atoms. The largest absolute Gasteiger partial charge is 0.486 e. The first-order chi connectivity index (χ1) is 13.8. The van der Waals surface area contributed by atoms with Crippen molar-refractivity contribution in [2.75, 3.05) is 38.1 Å². The van der Waals surface area contributed by atoms with Crippen molar-refractivity contribution in [1.82, 2.24) is 9.88 Å². The summed E-state index contributed by atoms with van der Waals surface area (Å²) in [5, 5.41) is 4.59. The first-order valence-electron chi connectivity index (χ1n) is 10.0. The van der Waals surface area contributed by atoms with Crippen LogP contribution in [0.4, 0.5) is 5.13 Å². The molecule has 146 valence electrons. The fraction of sp³-hybridized carbons (Fsp3) is 0.409. The number of piperidine rings is 1. The van der Waals surface area contributed by atoms with E-state index in [-0.39, 0.29) is 6.10 Å². The van der Waals surface area contributed by atoms with E-state index in [4.69, 9.17) is 9.47 Å². The highest BCUT2D eigenvalue weighted by atomic mass is 32.1. The van der Waals surface area contributed by atoms with Crippen LogP contribution in [0.15, 0.2) is 48.5 Å². The summed E-state index contributed by atoms with van der Waals surface area (Å²) >= 11 is 1.74. The highest BCUT2D eigenvalue weighted by Crippen LogP contribution is 2.31. The summed E-state index contributed by atoms with van der Waals surface area (Å²) in [5.41, 5.74) is 1.08. The lowest BCUT2D eigenvalue weighted by Crippen LogP contribution is -2.44. The van der Waals surface area contributed by atoms with Crippen LogP contribution in [0.1, 0.15) is 12.8 Å². The van der Waals surface area contributed by atoms with Crippen molar-refractivity contribution in [1.29, 1.82) is 0 Å². The molecule has 3 heterocycles. The van der Waals surface area contributed by atoms with E-state index in [9.17, 15) is 0 Å². The molecular formula is C22H25N3O2S. The van der Waals surface area contributed by atoms with Crippen LogP contribution < -0.4 is 14.8 Å². The lowest BCUT2D eigenvalue weighted by Gasteiger charge is -2.35. The summed E-state index contributed by atoms with van der Waals surface area (Å²) < 4.78 is 13.2. The summed E-state index contributed by atoms with van der Waals surface area (Å²) in [7, 11) is 0. The number of fused-ring (bicyclic) bond motifs is 2. The Morgan fingerprint density at radius 3 is 2.68 bits per heavy atom. The number of benzene rings is 2. The molecule has 6 heteroatoms. The molecule has 2 aromatic carbocycles. The Labute approximate surface area is 169 Å². The van der Waals surface area contributed by atoms with Crippen LogP contribution in [0.3, 0.4) is 0 Å². The minimum atomic E-state index is 0.118. The van der Waals surface area contributed by atoms with E-state index in [1.807, 2.05) is 30.3 Å². The van der Waals surface area contributed by atoms with Gasteiger partial charge in [-0.15, -0.1) is 0 Å². The fourth-order valence-corrected chi connectivity index (χ4v) is 4.87. The standard InChI is InChI=1S/C22H25N3O2S/c1-4-8-21-18(5-1)24-22(28-21)23-13-16-9-11-25(12-10-16)14-17-15-26-19-6-2-3-7-20(19)27-17/h1-8,16-17H,9-15H2,(H,23,24). The molecule has 0 aliphatic carbocycles. The van der Waals surface area contributed by atoms with Crippen molar-refractivity contribution in [2.24, 2.45) is 5.92 Å². The van der Waals surface area contributed by atoms with E-state index in [0.717, 1.165) is 48.3 Å². The predicted molar refractivity (Wildman–Crippen MR) is 114 cm³/mol. The number of hydrogen-bond donors (Lipinski definition) is 1. The Morgan fingerprint density at radius 2 is 1.82 bits per heavy atom. The Bertz CT molecular complexity index is 903. The zero-order valence-electron chi connectivity index (χ0n) is 15.8. The first-order valence-corrected chi connectivity index (χ1v) is 10.9. The molecule has 0 saturated carbocycles.